The molecule has 0 radical (unpaired) electrons. The number of nitrogens with zero attached hydrogens (tertiary/aromatic N) is 1. The molecule has 1 aromatic rings. The van der Waals surface area contributed by atoms with Crippen molar-refractivity contribution in [2.75, 3.05) is 13.3 Å². The Morgan fingerprint density at radius 1 is 1.36 bits per heavy atom. The molecule has 0 N–H and O–H groups in total. The van der Waals surface area contributed by atoms with Crippen LogP contribution in [0.5, 0.6) is 0 Å². The van der Waals surface area contributed by atoms with Crippen molar-refractivity contribution in [2.24, 2.45) is 0 Å². The fourth-order valence-corrected chi connectivity index (χ4v) is 4.13. The van der Waals surface area contributed by atoms with Crippen molar-refractivity contribution >= 4 is 47.4 Å². The maximum Gasteiger partial charge on any atom is 0.238 e. The number of carbonyl (C=O) groups is 2. The minimum absolute atomic E-state index is 0.0602. The Hall–Kier alpha value is -0.763. The van der Waals surface area contributed by atoms with E-state index in [4.69, 9.17) is 16.3 Å². The van der Waals surface area contributed by atoms with E-state index in [1.807, 2.05) is 0 Å². The van der Waals surface area contributed by atoms with Gasteiger partial charge in [-0.25, -0.2) is 4.39 Å². The Morgan fingerprint density at radius 2 is 2.04 bits per heavy atom. The smallest absolute Gasteiger partial charge is 0.238 e. The molecule has 0 aliphatic carbocycles. The minimum Gasteiger partial charge on any atom is -0.361 e. The molecule has 1 aliphatic heterocycles. The number of carbonyl (C=O) groups excluding carboxylic acids is 2. The van der Waals surface area contributed by atoms with Crippen molar-refractivity contribution in [1.82, 2.24) is 4.90 Å². The minimum atomic E-state index is -1.24. The summed E-state index contributed by atoms with van der Waals surface area (Å²) in [4.78, 5) is 25.9. The fourth-order valence-electron chi connectivity index (χ4n) is 2.60. The number of ether oxygens (including phenoxy) is 1. The van der Waals surface area contributed by atoms with Crippen LogP contribution in [0.4, 0.5) is 4.39 Å². The topological polar surface area (TPSA) is 46.6 Å². The summed E-state index contributed by atoms with van der Waals surface area (Å²) >= 11 is 9.26. The van der Waals surface area contributed by atoms with Crippen molar-refractivity contribution in [1.29, 1.82) is 0 Å². The summed E-state index contributed by atoms with van der Waals surface area (Å²) < 4.78 is 19.7. The lowest BCUT2D eigenvalue weighted by molar-refractivity contribution is -0.155. The number of rotatable bonds is 6. The van der Waals surface area contributed by atoms with Gasteiger partial charge in [0.25, 0.3) is 0 Å². The van der Waals surface area contributed by atoms with Crippen LogP contribution in [-0.4, -0.2) is 38.1 Å². The summed E-state index contributed by atoms with van der Waals surface area (Å²) in [6.45, 7) is 7.15. The molecule has 0 spiro atoms. The Bertz CT molecular complexity index is 681. The first-order chi connectivity index (χ1) is 11.6. The number of imide groups is 1. The normalized spacial score (nSPS) is 18.8. The van der Waals surface area contributed by atoms with Crippen LogP contribution in [-0.2, 0) is 14.3 Å². The molecule has 1 aliphatic rings. The van der Waals surface area contributed by atoms with Gasteiger partial charge in [0.1, 0.15) is 12.5 Å². The number of halogens is 3. The lowest BCUT2D eigenvalue weighted by Gasteiger charge is -2.31. The van der Waals surface area contributed by atoms with Gasteiger partial charge in [0.2, 0.25) is 11.8 Å². The fraction of sp³-hybridized carbons (Fsp3) is 0.529. The second-order valence-electron chi connectivity index (χ2n) is 7.39. The van der Waals surface area contributed by atoms with Gasteiger partial charge in [0.15, 0.2) is 0 Å². The summed E-state index contributed by atoms with van der Waals surface area (Å²) in [7, 11) is -1.24. The van der Waals surface area contributed by atoms with E-state index in [0.717, 1.165) is 10.9 Å². The van der Waals surface area contributed by atoms with E-state index in [1.54, 1.807) is 0 Å². The number of benzene rings is 1. The molecule has 2 rings (SSSR count). The molecule has 138 valence electrons. The van der Waals surface area contributed by atoms with Gasteiger partial charge in [-0.3, -0.25) is 14.5 Å². The molecule has 1 atom stereocenters. The SMILES string of the molecule is C[Si](C)(C)CCOCN1C(=O)CCC(c2cc(F)c(Br)cc2Cl)C1=O. The van der Waals surface area contributed by atoms with Gasteiger partial charge in [0.05, 0.1) is 10.4 Å². The van der Waals surface area contributed by atoms with Gasteiger partial charge in [0, 0.05) is 26.1 Å². The van der Waals surface area contributed by atoms with E-state index in [0.29, 0.717) is 23.6 Å². The number of amides is 2. The van der Waals surface area contributed by atoms with E-state index in [1.165, 1.54) is 12.1 Å². The van der Waals surface area contributed by atoms with Crippen LogP contribution in [0.15, 0.2) is 16.6 Å². The average molecular weight is 451 g/mol. The molecule has 1 heterocycles. The molecule has 0 aromatic heterocycles. The van der Waals surface area contributed by atoms with Crippen molar-refractivity contribution < 1.29 is 18.7 Å². The Kier molecular flexibility index (Phi) is 6.81. The second kappa shape index (κ2) is 8.29. The first-order valence-electron chi connectivity index (χ1n) is 8.16. The average Bonchev–Trinajstić information content (AvgIpc) is 2.49. The highest BCUT2D eigenvalue weighted by atomic mass is 79.9. The number of hydrogen-bond donors (Lipinski definition) is 0. The third-order valence-corrected chi connectivity index (χ3v) is 6.78. The number of piperidine rings is 1. The van der Waals surface area contributed by atoms with E-state index in [-0.39, 0.29) is 29.4 Å². The van der Waals surface area contributed by atoms with Crippen LogP contribution < -0.4 is 0 Å². The first kappa shape index (κ1) is 20.5. The second-order valence-corrected chi connectivity index (χ2v) is 14.3. The third-order valence-electron chi connectivity index (χ3n) is 4.14. The zero-order valence-corrected chi connectivity index (χ0v) is 17.9. The van der Waals surface area contributed by atoms with Crippen LogP contribution in [0, 0.1) is 5.82 Å². The molecule has 1 saturated heterocycles. The lowest BCUT2D eigenvalue weighted by atomic mass is 9.89. The molecule has 0 bridgehead atoms. The predicted molar refractivity (Wildman–Crippen MR) is 102 cm³/mol. The van der Waals surface area contributed by atoms with Gasteiger partial charge in [-0.05, 0) is 46.1 Å². The van der Waals surface area contributed by atoms with Crippen LogP contribution in [0.25, 0.3) is 0 Å². The van der Waals surface area contributed by atoms with Gasteiger partial charge in [-0.15, -0.1) is 0 Å². The molecular formula is C17H22BrClFNO3Si. The third kappa shape index (κ3) is 5.36. The summed E-state index contributed by atoms with van der Waals surface area (Å²) in [5.74, 6) is -1.76. The van der Waals surface area contributed by atoms with Gasteiger partial charge < -0.3 is 4.74 Å². The zero-order chi connectivity index (χ0) is 18.8. The largest absolute Gasteiger partial charge is 0.361 e. The lowest BCUT2D eigenvalue weighted by Crippen LogP contribution is -2.45. The first-order valence-corrected chi connectivity index (χ1v) is 13.0. The van der Waals surface area contributed by atoms with Crippen molar-refractivity contribution in [3.8, 4) is 0 Å². The zero-order valence-electron chi connectivity index (χ0n) is 14.6. The molecule has 25 heavy (non-hydrogen) atoms. The maximum absolute atomic E-state index is 13.9. The molecule has 8 heteroatoms. The number of likely N-dealkylation sites (tertiary alicyclic amines) is 1. The molecule has 0 saturated carbocycles. The standard InChI is InChI=1S/C17H22BrClFNO3Si/c1-25(2,3)7-6-24-10-21-16(22)5-4-11(17(21)23)12-8-15(20)13(18)9-14(12)19/h8-9,11H,4-7,10H2,1-3H3. The molecule has 1 unspecified atom stereocenters. The summed E-state index contributed by atoms with van der Waals surface area (Å²) in [5.41, 5.74) is 0.409. The van der Waals surface area contributed by atoms with Gasteiger partial charge in [-0.2, -0.15) is 0 Å². The molecule has 1 fully saturated rings. The summed E-state index contributed by atoms with van der Waals surface area (Å²) in [6, 6.07) is 3.65. The molecular weight excluding hydrogens is 429 g/mol. The molecule has 1 aromatic carbocycles. The van der Waals surface area contributed by atoms with Gasteiger partial charge >= 0.3 is 0 Å². The maximum atomic E-state index is 13.9. The Balaban J connectivity index is 2.09. The van der Waals surface area contributed by atoms with Crippen LogP contribution in [0.1, 0.15) is 24.3 Å². The van der Waals surface area contributed by atoms with Crippen molar-refractivity contribution in [2.45, 2.75) is 44.4 Å². The Morgan fingerprint density at radius 3 is 2.68 bits per heavy atom. The Labute approximate surface area is 161 Å². The van der Waals surface area contributed by atoms with Crippen molar-refractivity contribution in [3.05, 3.63) is 33.0 Å². The van der Waals surface area contributed by atoms with E-state index >= 15 is 0 Å². The quantitative estimate of drug-likeness (QED) is 0.271. The summed E-state index contributed by atoms with van der Waals surface area (Å²) in [6.07, 6.45) is 0.533. The number of hydrogen-bond acceptors (Lipinski definition) is 3. The van der Waals surface area contributed by atoms with Crippen LogP contribution >= 0.6 is 27.5 Å². The highest BCUT2D eigenvalue weighted by molar-refractivity contribution is 9.10. The van der Waals surface area contributed by atoms with E-state index < -0.39 is 19.8 Å². The van der Waals surface area contributed by atoms with Crippen LogP contribution in [0.2, 0.25) is 30.7 Å². The van der Waals surface area contributed by atoms with E-state index in [9.17, 15) is 14.0 Å². The van der Waals surface area contributed by atoms with Crippen LogP contribution in [0.3, 0.4) is 0 Å². The van der Waals surface area contributed by atoms with E-state index in [2.05, 4.69) is 35.6 Å². The highest BCUT2D eigenvalue weighted by Crippen LogP contribution is 2.35. The molecule has 4 nitrogen and oxygen atoms in total. The molecule has 2 amide bonds. The monoisotopic (exact) mass is 449 g/mol. The highest BCUT2D eigenvalue weighted by Gasteiger charge is 2.36. The predicted octanol–water partition coefficient (Wildman–Crippen LogP) is 4.79. The van der Waals surface area contributed by atoms with Crippen molar-refractivity contribution in [3.63, 3.8) is 0 Å². The summed E-state index contributed by atoms with van der Waals surface area (Å²) in [5, 5.41) is 0.306. The van der Waals surface area contributed by atoms with Gasteiger partial charge in [-0.1, -0.05) is 31.2 Å².